The Bertz CT molecular complexity index is 1210. The van der Waals surface area contributed by atoms with E-state index in [4.69, 9.17) is 24.1 Å². The number of anilines is 1. The number of aryl methyl sites for hydroxylation is 1. The number of thiophene rings is 1. The molecule has 4 aromatic heterocycles. The molecule has 0 saturated carbocycles. The molecule has 1 aliphatic heterocycles. The number of ether oxygens (including phenoxy) is 1. The number of furan rings is 1. The van der Waals surface area contributed by atoms with Crippen LogP contribution < -0.4 is 4.90 Å². The lowest BCUT2D eigenvalue weighted by atomic mass is 10.0. The fourth-order valence-corrected chi connectivity index (χ4v) is 5.95. The Morgan fingerprint density at radius 3 is 2.76 bits per heavy atom. The van der Waals surface area contributed by atoms with Crippen molar-refractivity contribution in [3.05, 3.63) is 29.5 Å². The zero-order chi connectivity index (χ0) is 19.4. The summed E-state index contributed by atoms with van der Waals surface area (Å²) in [7, 11) is 0. The van der Waals surface area contributed by atoms with Crippen LogP contribution in [0.2, 0.25) is 0 Å². The normalized spacial score (nSPS) is 16.8. The van der Waals surface area contributed by atoms with E-state index in [1.54, 1.807) is 29.4 Å². The van der Waals surface area contributed by atoms with E-state index in [1.807, 2.05) is 18.4 Å². The van der Waals surface area contributed by atoms with Gasteiger partial charge in [-0.05, 0) is 48.8 Å². The van der Waals surface area contributed by atoms with Crippen LogP contribution in [0.4, 0.5) is 5.82 Å². The predicted molar refractivity (Wildman–Crippen MR) is 117 cm³/mol. The molecule has 4 aromatic rings. The number of rotatable bonds is 3. The van der Waals surface area contributed by atoms with Gasteiger partial charge in [0.05, 0.1) is 29.7 Å². The second kappa shape index (κ2) is 6.97. The summed E-state index contributed by atoms with van der Waals surface area (Å²) < 4.78 is 12.4. The predicted octanol–water partition coefficient (Wildman–Crippen LogP) is 4.55. The molecule has 1 fully saturated rings. The van der Waals surface area contributed by atoms with E-state index in [1.165, 1.54) is 16.5 Å². The molecule has 148 valence electrons. The Balaban J connectivity index is 1.66. The monoisotopic (exact) mass is 424 g/mol. The van der Waals surface area contributed by atoms with Crippen molar-refractivity contribution in [1.29, 1.82) is 0 Å². The maximum Gasteiger partial charge on any atom is 0.189 e. The second-order valence-corrected chi connectivity index (χ2v) is 9.11. The van der Waals surface area contributed by atoms with Gasteiger partial charge in [-0.1, -0.05) is 11.8 Å². The second-order valence-electron chi connectivity index (χ2n) is 7.34. The first kappa shape index (κ1) is 17.7. The van der Waals surface area contributed by atoms with Crippen LogP contribution in [0, 0.1) is 0 Å². The number of thioether (sulfide) groups is 1. The minimum absolute atomic E-state index is 0.737. The van der Waals surface area contributed by atoms with E-state index in [-0.39, 0.29) is 0 Å². The number of hydrogen-bond acceptors (Lipinski definition) is 8. The highest BCUT2D eigenvalue weighted by atomic mass is 32.2. The summed E-state index contributed by atoms with van der Waals surface area (Å²) in [5.41, 5.74) is 4.77. The molecule has 0 unspecified atom stereocenters. The van der Waals surface area contributed by atoms with Crippen LogP contribution in [0.15, 0.2) is 28.0 Å². The van der Waals surface area contributed by atoms with E-state index in [9.17, 15) is 0 Å². The third kappa shape index (κ3) is 2.77. The van der Waals surface area contributed by atoms with Gasteiger partial charge in [0.2, 0.25) is 0 Å². The highest BCUT2D eigenvalue weighted by Gasteiger charge is 2.27. The van der Waals surface area contributed by atoms with Crippen molar-refractivity contribution in [3.8, 4) is 11.5 Å². The molecule has 1 saturated heterocycles. The zero-order valence-electron chi connectivity index (χ0n) is 16.1. The first-order valence-electron chi connectivity index (χ1n) is 9.90. The Morgan fingerprint density at radius 2 is 1.97 bits per heavy atom. The molecular formula is C21H20N4O2S2. The maximum atomic E-state index is 5.71. The average molecular weight is 425 g/mol. The molecule has 0 radical (unpaired) electrons. The lowest BCUT2D eigenvalue weighted by molar-refractivity contribution is 0.122. The molecule has 0 spiro atoms. The summed E-state index contributed by atoms with van der Waals surface area (Å²) in [6.07, 6.45) is 7.02. The van der Waals surface area contributed by atoms with E-state index in [0.29, 0.717) is 0 Å². The van der Waals surface area contributed by atoms with Crippen molar-refractivity contribution in [1.82, 2.24) is 15.0 Å². The first-order valence-corrected chi connectivity index (χ1v) is 11.9. The lowest BCUT2D eigenvalue weighted by Crippen LogP contribution is -2.36. The number of fused-ring (bicyclic) bond motifs is 5. The number of aromatic nitrogens is 3. The molecule has 2 aliphatic rings. The molecule has 6 nitrogen and oxygen atoms in total. The van der Waals surface area contributed by atoms with Crippen LogP contribution in [-0.2, 0) is 17.6 Å². The molecular weight excluding hydrogens is 404 g/mol. The van der Waals surface area contributed by atoms with Crippen molar-refractivity contribution < 1.29 is 9.15 Å². The third-order valence-electron chi connectivity index (χ3n) is 5.74. The van der Waals surface area contributed by atoms with E-state index >= 15 is 0 Å². The Hall–Kier alpha value is -2.16. The van der Waals surface area contributed by atoms with Crippen LogP contribution in [0.25, 0.3) is 31.9 Å². The van der Waals surface area contributed by atoms with Crippen molar-refractivity contribution in [3.63, 3.8) is 0 Å². The largest absolute Gasteiger partial charge is 0.463 e. The molecule has 0 bridgehead atoms. The van der Waals surface area contributed by atoms with E-state index < -0.39 is 0 Å². The molecule has 0 aromatic carbocycles. The number of hydrogen-bond donors (Lipinski definition) is 0. The van der Waals surface area contributed by atoms with Crippen LogP contribution in [0.1, 0.15) is 17.5 Å². The minimum Gasteiger partial charge on any atom is -0.463 e. The van der Waals surface area contributed by atoms with Crippen LogP contribution in [0.5, 0.6) is 0 Å². The van der Waals surface area contributed by atoms with Crippen molar-refractivity contribution >= 4 is 49.3 Å². The molecule has 5 heterocycles. The molecule has 0 atom stereocenters. The molecule has 29 heavy (non-hydrogen) atoms. The van der Waals surface area contributed by atoms with E-state index in [0.717, 1.165) is 83.0 Å². The molecule has 0 N–H and O–H groups in total. The summed E-state index contributed by atoms with van der Waals surface area (Å²) in [6, 6.07) is 3.94. The summed E-state index contributed by atoms with van der Waals surface area (Å²) in [5, 5.41) is 2.04. The van der Waals surface area contributed by atoms with Crippen molar-refractivity contribution in [2.24, 2.45) is 0 Å². The molecule has 6 rings (SSSR count). The van der Waals surface area contributed by atoms with Gasteiger partial charge in [-0.15, -0.1) is 11.3 Å². The standard InChI is InChI=1S/C21H20N4O2S2/c1-28-21-23-17-15-12-4-2-5-13(12)16(14-6-3-9-27-14)22-20(15)29-18(17)19(24-21)25-7-10-26-11-8-25/h3,6,9H,2,4-5,7-8,10-11H2,1H3. The van der Waals surface area contributed by atoms with Crippen LogP contribution in [-0.4, -0.2) is 47.5 Å². The van der Waals surface area contributed by atoms with Crippen molar-refractivity contribution in [2.45, 2.75) is 24.4 Å². The summed E-state index contributed by atoms with van der Waals surface area (Å²) in [5.74, 6) is 1.88. The highest BCUT2D eigenvalue weighted by Crippen LogP contribution is 2.44. The first-order chi connectivity index (χ1) is 14.3. The maximum absolute atomic E-state index is 5.71. The van der Waals surface area contributed by atoms with Gasteiger partial charge < -0.3 is 14.1 Å². The zero-order valence-corrected chi connectivity index (χ0v) is 17.7. The van der Waals surface area contributed by atoms with Crippen molar-refractivity contribution in [2.75, 3.05) is 37.5 Å². The van der Waals surface area contributed by atoms with Crippen LogP contribution >= 0.6 is 23.1 Å². The fourth-order valence-electron chi connectivity index (χ4n) is 4.43. The topological polar surface area (TPSA) is 64.3 Å². The van der Waals surface area contributed by atoms with Gasteiger partial charge in [-0.2, -0.15) is 0 Å². The molecule has 1 aliphatic carbocycles. The lowest BCUT2D eigenvalue weighted by Gasteiger charge is -2.28. The summed E-state index contributed by atoms with van der Waals surface area (Å²) >= 11 is 3.31. The fraction of sp³-hybridized carbons (Fsp3) is 0.381. The SMILES string of the molecule is CSc1nc(N2CCOCC2)c2sc3nc(-c4ccco4)c4c(c3c2n1)CCC4. The Labute approximate surface area is 176 Å². The minimum atomic E-state index is 0.737. The van der Waals surface area contributed by atoms with Gasteiger partial charge >= 0.3 is 0 Å². The quantitative estimate of drug-likeness (QED) is 0.353. The summed E-state index contributed by atoms with van der Waals surface area (Å²) in [4.78, 5) is 18.3. The van der Waals surface area contributed by atoms with Gasteiger partial charge in [0.25, 0.3) is 0 Å². The number of morpholine rings is 1. The number of nitrogens with zero attached hydrogens (tertiary/aromatic N) is 4. The Morgan fingerprint density at radius 1 is 1.10 bits per heavy atom. The van der Waals surface area contributed by atoms with Crippen LogP contribution in [0.3, 0.4) is 0 Å². The number of pyridine rings is 1. The summed E-state index contributed by atoms with van der Waals surface area (Å²) in [6.45, 7) is 3.19. The van der Waals surface area contributed by atoms with E-state index in [2.05, 4.69) is 4.90 Å². The average Bonchev–Trinajstić information content (AvgIpc) is 3.51. The van der Waals surface area contributed by atoms with Gasteiger partial charge in [0.15, 0.2) is 16.7 Å². The molecule has 0 amide bonds. The third-order valence-corrected chi connectivity index (χ3v) is 7.36. The van der Waals surface area contributed by atoms with Gasteiger partial charge in [0, 0.05) is 18.5 Å². The smallest absolute Gasteiger partial charge is 0.189 e. The Kier molecular flexibility index (Phi) is 4.25. The van der Waals surface area contributed by atoms with Gasteiger partial charge in [0.1, 0.15) is 10.5 Å². The molecule has 8 heteroatoms. The van der Waals surface area contributed by atoms with Gasteiger partial charge in [-0.3, -0.25) is 0 Å². The highest BCUT2D eigenvalue weighted by molar-refractivity contribution is 7.98. The van der Waals surface area contributed by atoms with Gasteiger partial charge in [-0.25, -0.2) is 15.0 Å².